The minimum atomic E-state index is 0.0926. The lowest BCUT2D eigenvalue weighted by atomic mass is 9.94. The van der Waals surface area contributed by atoms with E-state index in [0.717, 1.165) is 32.3 Å². The average molecular weight is 303 g/mol. The second-order valence-corrected chi connectivity index (χ2v) is 5.34. The molecule has 0 saturated heterocycles. The molecule has 0 N–H and O–H groups in total. The van der Waals surface area contributed by atoms with E-state index in [1.165, 1.54) is 0 Å². The largest absolute Gasteiger partial charge is 0.289 e. The summed E-state index contributed by atoms with van der Waals surface area (Å²) < 4.78 is 0.971. The predicted octanol–water partition coefficient (Wildman–Crippen LogP) is 4.61. The number of carbonyl (C=O) groups excluding carboxylic acids is 1. The summed E-state index contributed by atoms with van der Waals surface area (Å²) in [5.74, 6) is 0.0926. The Bertz CT molecular complexity index is 561. The molecule has 2 heteroatoms. The normalized spacial score (nSPS) is 10.4. The molecular weight excluding hydrogens is 288 g/mol. The lowest BCUT2D eigenvalue weighted by Crippen LogP contribution is -2.06. The smallest absolute Gasteiger partial charge is 0.193 e. The number of carbonyl (C=O) groups is 1. The van der Waals surface area contributed by atoms with Gasteiger partial charge < -0.3 is 0 Å². The van der Waals surface area contributed by atoms with E-state index in [1.807, 2.05) is 57.2 Å². The summed E-state index contributed by atoms with van der Waals surface area (Å²) in [5, 5.41) is 0. The van der Waals surface area contributed by atoms with Gasteiger partial charge in [0.1, 0.15) is 0 Å². The molecule has 2 rings (SSSR count). The summed E-state index contributed by atoms with van der Waals surface area (Å²) in [7, 11) is 0. The highest BCUT2D eigenvalue weighted by molar-refractivity contribution is 9.10. The van der Waals surface area contributed by atoms with Gasteiger partial charge in [0.05, 0.1) is 0 Å². The Morgan fingerprint density at radius 2 is 1.44 bits per heavy atom. The number of rotatable bonds is 2. The maximum Gasteiger partial charge on any atom is 0.193 e. The monoisotopic (exact) mass is 302 g/mol. The summed E-state index contributed by atoms with van der Waals surface area (Å²) in [6.07, 6.45) is 0. The fourth-order valence-electron chi connectivity index (χ4n) is 2.00. The van der Waals surface area contributed by atoms with Crippen molar-refractivity contribution in [3.05, 3.63) is 68.7 Å². The molecule has 2 aromatic rings. The molecular formula is C16H15BrO. The fourth-order valence-corrected chi connectivity index (χ4v) is 2.36. The Morgan fingerprint density at radius 1 is 0.889 bits per heavy atom. The Labute approximate surface area is 116 Å². The van der Waals surface area contributed by atoms with Crippen molar-refractivity contribution in [3.63, 3.8) is 0 Å². The minimum Gasteiger partial charge on any atom is -0.289 e. The molecule has 0 amide bonds. The van der Waals surface area contributed by atoms with Crippen LogP contribution in [0.4, 0.5) is 0 Å². The van der Waals surface area contributed by atoms with Crippen molar-refractivity contribution in [2.45, 2.75) is 20.8 Å². The second kappa shape index (κ2) is 5.07. The van der Waals surface area contributed by atoms with Gasteiger partial charge in [-0.1, -0.05) is 46.3 Å². The van der Waals surface area contributed by atoms with Gasteiger partial charge in [-0.15, -0.1) is 0 Å². The minimum absolute atomic E-state index is 0.0926. The van der Waals surface area contributed by atoms with E-state index in [-0.39, 0.29) is 5.78 Å². The van der Waals surface area contributed by atoms with Gasteiger partial charge in [0, 0.05) is 15.6 Å². The maximum atomic E-state index is 12.6. The summed E-state index contributed by atoms with van der Waals surface area (Å²) in [4.78, 5) is 12.6. The van der Waals surface area contributed by atoms with Gasteiger partial charge >= 0.3 is 0 Å². The molecule has 92 valence electrons. The summed E-state index contributed by atoms with van der Waals surface area (Å²) in [5.41, 5.74) is 4.74. The molecule has 0 atom stereocenters. The van der Waals surface area contributed by atoms with Crippen LogP contribution in [0.25, 0.3) is 0 Å². The van der Waals surface area contributed by atoms with E-state index in [9.17, 15) is 4.79 Å². The van der Waals surface area contributed by atoms with Crippen LogP contribution in [0.3, 0.4) is 0 Å². The molecule has 0 radical (unpaired) electrons. The Balaban J connectivity index is 2.55. The van der Waals surface area contributed by atoms with E-state index in [2.05, 4.69) is 15.9 Å². The first-order chi connectivity index (χ1) is 8.52. The van der Waals surface area contributed by atoms with Crippen LogP contribution in [-0.2, 0) is 0 Å². The van der Waals surface area contributed by atoms with Crippen LogP contribution in [0, 0.1) is 20.8 Å². The van der Waals surface area contributed by atoms with Crippen molar-refractivity contribution in [2.24, 2.45) is 0 Å². The highest BCUT2D eigenvalue weighted by Gasteiger charge is 2.15. The molecule has 0 bridgehead atoms. The van der Waals surface area contributed by atoms with Crippen molar-refractivity contribution < 1.29 is 4.79 Å². The van der Waals surface area contributed by atoms with Crippen LogP contribution in [0.5, 0.6) is 0 Å². The van der Waals surface area contributed by atoms with Gasteiger partial charge in [0.2, 0.25) is 0 Å². The lowest BCUT2D eigenvalue weighted by Gasteiger charge is -2.10. The number of benzene rings is 2. The van der Waals surface area contributed by atoms with Gasteiger partial charge in [-0.2, -0.15) is 0 Å². The molecule has 0 saturated carbocycles. The SMILES string of the molecule is Cc1cccc(C(=O)c2cccc(Br)c2C)c1C. The second-order valence-electron chi connectivity index (χ2n) is 4.49. The lowest BCUT2D eigenvalue weighted by molar-refractivity contribution is 0.103. The number of aryl methyl sites for hydroxylation is 1. The van der Waals surface area contributed by atoms with Gasteiger partial charge in [0.25, 0.3) is 0 Å². The van der Waals surface area contributed by atoms with E-state index in [0.29, 0.717) is 0 Å². The number of ketones is 1. The zero-order valence-corrected chi connectivity index (χ0v) is 12.3. The van der Waals surface area contributed by atoms with Crippen LogP contribution < -0.4 is 0 Å². The highest BCUT2D eigenvalue weighted by atomic mass is 79.9. The van der Waals surface area contributed by atoms with Crippen LogP contribution in [0.15, 0.2) is 40.9 Å². The standard InChI is InChI=1S/C16H15BrO/c1-10-6-4-7-13(11(10)2)16(18)14-8-5-9-15(17)12(14)3/h4-9H,1-3H3. The van der Waals surface area contributed by atoms with Crippen LogP contribution >= 0.6 is 15.9 Å². The van der Waals surface area contributed by atoms with E-state index in [1.54, 1.807) is 0 Å². The maximum absolute atomic E-state index is 12.6. The number of hydrogen-bond donors (Lipinski definition) is 0. The first-order valence-electron chi connectivity index (χ1n) is 5.88. The van der Waals surface area contributed by atoms with Crippen molar-refractivity contribution >= 4 is 21.7 Å². The molecule has 0 fully saturated rings. The fraction of sp³-hybridized carbons (Fsp3) is 0.188. The molecule has 0 unspecified atom stereocenters. The predicted molar refractivity (Wildman–Crippen MR) is 78.2 cm³/mol. The first kappa shape index (κ1) is 13.0. The molecule has 2 aromatic carbocycles. The molecule has 0 aromatic heterocycles. The van der Waals surface area contributed by atoms with Crippen LogP contribution in [-0.4, -0.2) is 5.78 Å². The number of hydrogen-bond acceptors (Lipinski definition) is 1. The summed E-state index contributed by atoms with van der Waals surface area (Å²) >= 11 is 3.47. The van der Waals surface area contributed by atoms with Crippen molar-refractivity contribution in [3.8, 4) is 0 Å². The van der Waals surface area contributed by atoms with E-state index < -0.39 is 0 Å². The molecule has 1 nitrogen and oxygen atoms in total. The third-order valence-corrected chi connectivity index (χ3v) is 4.22. The van der Waals surface area contributed by atoms with Gasteiger partial charge in [0.15, 0.2) is 5.78 Å². The quantitative estimate of drug-likeness (QED) is 0.741. The topological polar surface area (TPSA) is 17.1 Å². The molecule has 0 spiro atoms. The number of halogens is 1. The molecule has 0 heterocycles. The average Bonchev–Trinajstić information content (AvgIpc) is 2.35. The highest BCUT2D eigenvalue weighted by Crippen LogP contribution is 2.23. The Morgan fingerprint density at radius 3 is 2.11 bits per heavy atom. The summed E-state index contributed by atoms with van der Waals surface area (Å²) in [6.45, 7) is 5.98. The zero-order valence-electron chi connectivity index (χ0n) is 10.8. The van der Waals surface area contributed by atoms with Gasteiger partial charge in [-0.25, -0.2) is 0 Å². The zero-order chi connectivity index (χ0) is 13.3. The third-order valence-electron chi connectivity index (χ3n) is 3.36. The molecule has 0 aliphatic heterocycles. The summed E-state index contributed by atoms with van der Waals surface area (Å²) in [6, 6.07) is 11.6. The van der Waals surface area contributed by atoms with Crippen molar-refractivity contribution in [2.75, 3.05) is 0 Å². The van der Waals surface area contributed by atoms with E-state index in [4.69, 9.17) is 0 Å². The van der Waals surface area contributed by atoms with Gasteiger partial charge in [-0.05, 0) is 43.5 Å². The van der Waals surface area contributed by atoms with Crippen molar-refractivity contribution in [1.82, 2.24) is 0 Å². The molecule has 0 aliphatic carbocycles. The van der Waals surface area contributed by atoms with Crippen molar-refractivity contribution in [1.29, 1.82) is 0 Å². The first-order valence-corrected chi connectivity index (χ1v) is 6.67. The molecule has 0 aliphatic rings. The Hall–Kier alpha value is -1.41. The van der Waals surface area contributed by atoms with Crippen LogP contribution in [0.2, 0.25) is 0 Å². The Kier molecular flexibility index (Phi) is 3.67. The van der Waals surface area contributed by atoms with Crippen LogP contribution in [0.1, 0.15) is 32.6 Å². The molecule has 18 heavy (non-hydrogen) atoms. The van der Waals surface area contributed by atoms with E-state index >= 15 is 0 Å². The van der Waals surface area contributed by atoms with Gasteiger partial charge in [-0.3, -0.25) is 4.79 Å². The third kappa shape index (κ3) is 2.25.